The van der Waals surface area contributed by atoms with Gasteiger partial charge in [-0.05, 0) is 25.0 Å². The SMILES string of the molecule is CCCC([n+]1ccc(/C=N/Nc2ccccc2C)cc1)S(=O)(=O)O. The van der Waals surface area contributed by atoms with Crippen LogP contribution >= 0.6 is 0 Å². The largest absolute Gasteiger partial charge is 0.329 e. The van der Waals surface area contributed by atoms with Crippen molar-refractivity contribution in [2.75, 3.05) is 5.43 Å². The van der Waals surface area contributed by atoms with Crippen LogP contribution in [0.25, 0.3) is 0 Å². The van der Waals surface area contributed by atoms with Crippen LogP contribution in [-0.2, 0) is 10.1 Å². The van der Waals surface area contributed by atoms with Crippen LogP contribution in [0.3, 0.4) is 0 Å². The Morgan fingerprint density at radius 2 is 1.92 bits per heavy atom. The molecular formula is C17H22N3O3S+. The van der Waals surface area contributed by atoms with Gasteiger partial charge in [-0.25, -0.2) is 0 Å². The number of aromatic nitrogens is 1. The fraction of sp³-hybridized carbons (Fsp3) is 0.294. The maximum atomic E-state index is 11.5. The summed E-state index contributed by atoms with van der Waals surface area (Å²) in [4.78, 5) is 0. The molecule has 2 aromatic rings. The van der Waals surface area contributed by atoms with Crippen LogP contribution in [0.2, 0.25) is 0 Å². The first-order valence-electron chi connectivity index (χ1n) is 7.73. The summed E-state index contributed by atoms with van der Waals surface area (Å²) in [5.74, 6) is 0. The molecule has 0 aliphatic carbocycles. The number of nitrogens with one attached hydrogen (secondary N) is 1. The zero-order chi connectivity index (χ0) is 17.6. The minimum Gasteiger partial charge on any atom is -0.280 e. The van der Waals surface area contributed by atoms with Gasteiger partial charge in [0.15, 0.2) is 12.4 Å². The monoisotopic (exact) mass is 348 g/mol. The molecule has 0 aliphatic heterocycles. The van der Waals surface area contributed by atoms with Gasteiger partial charge >= 0.3 is 10.1 Å². The average molecular weight is 348 g/mol. The number of anilines is 1. The van der Waals surface area contributed by atoms with E-state index >= 15 is 0 Å². The lowest BCUT2D eigenvalue weighted by atomic mass is 10.2. The highest BCUT2D eigenvalue weighted by Crippen LogP contribution is 2.14. The molecule has 1 aromatic heterocycles. The predicted octanol–water partition coefficient (Wildman–Crippen LogP) is 2.92. The molecule has 0 bridgehead atoms. The first-order valence-corrected chi connectivity index (χ1v) is 9.24. The molecule has 1 heterocycles. The second kappa shape index (κ2) is 8.03. The van der Waals surface area contributed by atoms with Crippen molar-refractivity contribution in [2.45, 2.75) is 32.1 Å². The van der Waals surface area contributed by atoms with Crippen molar-refractivity contribution < 1.29 is 17.5 Å². The van der Waals surface area contributed by atoms with Crippen molar-refractivity contribution in [1.82, 2.24) is 0 Å². The molecule has 24 heavy (non-hydrogen) atoms. The topological polar surface area (TPSA) is 82.6 Å². The highest BCUT2D eigenvalue weighted by molar-refractivity contribution is 7.85. The van der Waals surface area contributed by atoms with Gasteiger partial charge in [0.2, 0.25) is 0 Å². The summed E-state index contributed by atoms with van der Waals surface area (Å²) in [5, 5.41) is 3.22. The van der Waals surface area contributed by atoms with Crippen molar-refractivity contribution in [3.8, 4) is 0 Å². The average Bonchev–Trinajstić information content (AvgIpc) is 2.54. The molecule has 6 nitrogen and oxygen atoms in total. The smallest absolute Gasteiger partial charge is 0.280 e. The Hall–Kier alpha value is -2.25. The van der Waals surface area contributed by atoms with E-state index in [4.69, 9.17) is 0 Å². The number of hydrazone groups is 1. The molecule has 0 radical (unpaired) electrons. The number of hydrogen-bond acceptors (Lipinski definition) is 4. The van der Waals surface area contributed by atoms with Gasteiger partial charge in [-0.15, -0.1) is 0 Å². The Labute approximate surface area is 142 Å². The van der Waals surface area contributed by atoms with Crippen LogP contribution in [0, 0.1) is 6.92 Å². The third kappa shape index (κ3) is 4.87. The summed E-state index contributed by atoms with van der Waals surface area (Å²) in [6, 6.07) is 11.3. The number of rotatable bonds is 7. The molecule has 1 atom stereocenters. The van der Waals surface area contributed by atoms with Gasteiger partial charge in [0, 0.05) is 24.1 Å². The van der Waals surface area contributed by atoms with Crippen molar-refractivity contribution in [2.24, 2.45) is 5.10 Å². The fourth-order valence-electron chi connectivity index (χ4n) is 2.30. The Morgan fingerprint density at radius 3 is 2.50 bits per heavy atom. The van der Waals surface area contributed by atoms with E-state index in [0.29, 0.717) is 12.8 Å². The number of para-hydroxylation sites is 1. The van der Waals surface area contributed by atoms with Crippen molar-refractivity contribution in [3.05, 3.63) is 59.9 Å². The van der Waals surface area contributed by atoms with E-state index in [9.17, 15) is 13.0 Å². The Kier molecular flexibility index (Phi) is 6.05. The number of pyridine rings is 1. The molecular weight excluding hydrogens is 326 g/mol. The van der Waals surface area contributed by atoms with Gasteiger partial charge in [-0.2, -0.15) is 18.1 Å². The predicted molar refractivity (Wildman–Crippen MR) is 94.5 cm³/mol. The van der Waals surface area contributed by atoms with Crippen molar-refractivity contribution in [1.29, 1.82) is 0 Å². The van der Waals surface area contributed by atoms with Crippen molar-refractivity contribution >= 4 is 22.0 Å². The highest BCUT2D eigenvalue weighted by Gasteiger charge is 2.30. The summed E-state index contributed by atoms with van der Waals surface area (Å²) >= 11 is 0. The Bertz CT molecular complexity index is 802. The van der Waals surface area contributed by atoms with Crippen LogP contribution < -0.4 is 9.99 Å². The molecule has 0 spiro atoms. The quantitative estimate of drug-likeness (QED) is 0.349. The van der Waals surface area contributed by atoms with E-state index < -0.39 is 15.5 Å². The molecule has 1 unspecified atom stereocenters. The van der Waals surface area contributed by atoms with Gasteiger partial charge in [0.25, 0.3) is 5.37 Å². The summed E-state index contributed by atoms with van der Waals surface area (Å²) in [7, 11) is -4.13. The summed E-state index contributed by atoms with van der Waals surface area (Å²) in [5.41, 5.74) is 5.81. The minimum absolute atomic E-state index is 0.353. The zero-order valence-electron chi connectivity index (χ0n) is 13.8. The highest BCUT2D eigenvalue weighted by atomic mass is 32.2. The lowest BCUT2D eigenvalue weighted by Gasteiger charge is -2.08. The first-order chi connectivity index (χ1) is 11.4. The molecule has 2 rings (SSSR count). The van der Waals surface area contributed by atoms with Crippen LogP contribution in [0.4, 0.5) is 5.69 Å². The third-order valence-corrected chi connectivity index (χ3v) is 4.80. The molecule has 0 amide bonds. The van der Waals surface area contributed by atoms with Crippen LogP contribution in [0.15, 0.2) is 53.9 Å². The van der Waals surface area contributed by atoms with Gasteiger partial charge < -0.3 is 0 Å². The Balaban J connectivity index is 2.09. The second-order valence-corrected chi connectivity index (χ2v) is 7.10. The van der Waals surface area contributed by atoms with Gasteiger partial charge in [0.05, 0.1) is 11.9 Å². The molecule has 2 N–H and O–H groups in total. The number of nitrogens with zero attached hydrogens (tertiary/aromatic N) is 2. The van der Waals surface area contributed by atoms with Gasteiger partial charge in [0.1, 0.15) is 0 Å². The molecule has 0 saturated heterocycles. The molecule has 0 fully saturated rings. The molecule has 0 aliphatic rings. The molecule has 128 valence electrons. The number of hydrogen-bond donors (Lipinski definition) is 2. The van der Waals surface area contributed by atoms with E-state index in [2.05, 4.69) is 10.5 Å². The first kappa shape index (κ1) is 18.1. The molecule has 7 heteroatoms. The van der Waals surface area contributed by atoms with Crippen LogP contribution in [0.5, 0.6) is 0 Å². The lowest BCUT2D eigenvalue weighted by Crippen LogP contribution is -2.43. The van der Waals surface area contributed by atoms with E-state index in [0.717, 1.165) is 16.8 Å². The maximum absolute atomic E-state index is 11.5. The maximum Gasteiger partial charge on any atom is 0.329 e. The zero-order valence-corrected chi connectivity index (χ0v) is 14.6. The normalized spacial score (nSPS) is 13.1. The standard InChI is InChI=1S/C17H21N3O3S/c1-3-6-17(24(21,22)23)20-11-9-15(10-12-20)13-18-19-16-8-5-4-7-14(16)2/h4-5,7-13,17H,3,6H2,1-2H3,(H,21,22,23)/p+1. The summed E-state index contributed by atoms with van der Waals surface area (Å²) in [6.45, 7) is 3.86. The number of benzene rings is 1. The summed E-state index contributed by atoms with van der Waals surface area (Å²) in [6.07, 6.45) is 5.91. The second-order valence-electron chi connectivity index (χ2n) is 5.52. The Morgan fingerprint density at radius 1 is 1.25 bits per heavy atom. The third-order valence-electron chi connectivity index (χ3n) is 3.63. The summed E-state index contributed by atoms with van der Waals surface area (Å²) < 4.78 is 33.8. The van der Waals surface area contributed by atoms with Gasteiger partial charge in [-0.1, -0.05) is 25.1 Å². The lowest BCUT2D eigenvalue weighted by molar-refractivity contribution is -0.702. The van der Waals surface area contributed by atoms with E-state index in [1.165, 1.54) is 4.57 Å². The fourth-order valence-corrected chi connectivity index (χ4v) is 3.28. The van der Waals surface area contributed by atoms with Gasteiger partial charge in [-0.3, -0.25) is 9.98 Å². The van der Waals surface area contributed by atoms with E-state index in [-0.39, 0.29) is 0 Å². The van der Waals surface area contributed by atoms with Crippen LogP contribution in [0.1, 0.15) is 36.3 Å². The van der Waals surface area contributed by atoms with Crippen molar-refractivity contribution in [3.63, 3.8) is 0 Å². The molecule has 1 aromatic carbocycles. The van der Waals surface area contributed by atoms with E-state index in [1.807, 2.05) is 38.1 Å². The van der Waals surface area contributed by atoms with Crippen LogP contribution in [-0.4, -0.2) is 19.2 Å². The minimum atomic E-state index is -4.13. The molecule has 0 saturated carbocycles. The van der Waals surface area contributed by atoms with E-state index in [1.54, 1.807) is 30.7 Å². The number of aryl methyl sites for hydroxylation is 1.